The highest BCUT2D eigenvalue weighted by Crippen LogP contribution is 2.26. The maximum Gasteiger partial charge on any atom is 0.400 e. The van der Waals surface area contributed by atoms with Crippen molar-refractivity contribution in [3.8, 4) is 5.75 Å². The number of halogens is 3. The van der Waals surface area contributed by atoms with Gasteiger partial charge in [-0.25, -0.2) is 0 Å². The number of rotatable bonds is 6. The van der Waals surface area contributed by atoms with Gasteiger partial charge in [0.25, 0.3) is 0 Å². The maximum absolute atomic E-state index is 12.5. The number of methoxy groups -OCH3 is 1. The van der Waals surface area contributed by atoms with Crippen molar-refractivity contribution in [3.05, 3.63) is 29.8 Å². The van der Waals surface area contributed by atoms with Gasteiger partial charge in [0.15, 0.2) is 0 Å². The number of ether oxygens (including phenoxy) is 2. The summed E-state index contributed by atoms with van der Waals surface area (Å²) in [6, 6.07) is 6.80. The molecule has 0 fully saturated rings. The molecule has 0 heterocycles. The van der Waals surface area contributed by atoms with Gasteiger partial charge < -0.3 is 15.2 Å². The molecule has 0 aromatic heterocycles. The first kappa shape index (κ1) is 15.3. The van der Waals surface area contributed by atoms with E-state index in [0.717, 1.165) is 0 Å². The molecule has 7 heteroatoms. The van der Waals surface area contributed by atoms with Crippen molar-refractivity contribution < 1.29 is 22.6 Å². The van der Waals surface area contributed by atoms with Crippen molar-refractivity contribution in [3.63, 3.8) is 0 Å². The Balaban J connectivity index is 2.54. The van der Waals surface area contributed by atoms with Crippen LogP contribution in [-0.4, -0.2) is 25.7 Å². The molecular formula is C12H15F3N2O2. The van der Waals surface area contributed by atoms with E-state index in [1.165, 1.54) is 7.11 Å². The molecule has 1 aromatic carbocycles. The molecule has 0 spiro atoms. The van der Waals surface area contributed by atoms with Gasteiger partial charge in [0, 0.05) is 0 Å². The lowest BCUT2D eigenvalue weighted by molar-refractivity contribution is -0.169. The van der Waals surface area contributed by atoms with Gasteiger partial charge in [-0.05, 0) is 17.7 Å². The van der Waals surface area contributed by atoms with E-state index in [0.29, 0.717) is 11.3 Å². The summed E-state index contributed by atoms with van der Waals surface area (Å²) in [7, 11) is 1.50. The molecule has 1 unspecified atom stereocenters. The first-order valence-corrected chi connectivity index (χ1v) is 5.46. The third kappa shape index (κ3) is 4.78. The summed E-state index contributed by atoms with van der Waals surface area (Å²) in [6.45, 7) is -0.674. The van der Waals surface area contributed by atoms with Gasteiger partial charge in [-0.1, -0.05) is 12.1 Å². The number of nitrogens with one attached hydrogen (secondary N) is 1. The summed E-state index contributed by atoms with van der Waals surface area (Å²) in [4.78, 5) is 0. The number of amidine groups is 1. The second-order valence-electron chi connectivity index (χ2n) is 3.92. The molecule has 1 atom stereocenters. The van der Waals surface area contributed by atoms with Crippen LogP contribution in [0.4, 0.5) is 13.2 Å². The Morgan fingerprint density at radius 2 is 2.11 bits per heavy atom. The van der Waals surface area contributed by atoms with Gasteiger partial charge in [0.1, 0.15) is 17.5 Å². The van der Waals surface area contributed by atoms with Gasteiger partial charge in [0.05, 0.1) is 20.3 Å². The van der Waals surface area contributed by atoms with Gasteiger partial charge in [-0.15, -0.1) is 0 Å². The van der Waals surface area contributed by atoms with Crippen molar-refractivity contribution in [2.75, 3.05) is 13.7 Å². The van der Waals surface area contributed by atoms with Crippen LogP contribution in [-0.2, 0) is 11.3 Å². The van der Waals surface area contributed by atoms with Crippen molar-refractivity contribution in [2.24, 2.45) is 11.7 Å². The zero-order valence-corrected chi connectivity index (χ0v) is 10.3. The minimum atomic E-state index is -4.57. The summed E-state index contributed by atoms with van der Waals surface area (Å²) in [5, 5.41) is 6.91. The molecule has 0 aliphatic rings. The monoisotopic (exact) mass is 276 g/mol. The normalized spacial score (nSPS) is 13.1. The number of hydrogen-bond acceptors (Lipinski definition) is 3. The van der Waals surface area contributed by atoms with E-state index in [-0.39, 0.29) is 6.61 Å². The van der Waals surface area contributed by atoms with Gasteiger partial charge >= 0.3 is 6.18 Å². The van der Waals surface area contributed by atoms with Crippen molar-refractivity contribution in [1.82, 2.24) is 0 Å². The van der Waals surface area contributed by atoms with E-state index in [1.807, 2.05) is 0 Å². The zero-order valence-electron chi connectivity index (χ0n) is 10.3. The lowest BCUT2D eigenvalue weighted by Crippen LogP contribution is -2.38. The molecule has 1 aromatic rings. The number of benzene rings is 1. The largest absolute Gasteiger partial charge is 0.497 e. The Morgan fingerprint density at radius 3 is 2.63 bits per heavy atom. The van der Waals surface area contributed by atoms with E-state index in [2.05, 4.69) is 0 Å². The standard InChI is InChI=1S/C12H15F3N2O2/c1-18-9-4-2-3-8(5-9)6-19-7-10(11(16)17)12(13,14)15/h2-5,10H,6-7H2,1H3,(H3,16,17). The van der Waals surface area contributed by atoms with Crippen LogP contribution in [0.15, 0.2) is 24.3 Å². The van der Waals surface area contributed by atoms with E-state index in [4.69, 9.17) is 20.6 Å². The Kier molecular flexibility index (Phi) is 5.17. The van der Waals surface area contributed by atoms with Gasteiger partial charge in [0.2, 0.25) is 0 Å². The van der Waals surface area contributed by atoms with Crippen LogP contribution in [0.25, 0.3) is 0 Å². The summed E-state index contributed by atoms with van der Waals surface area (Å²) < 4.78 is 47.4. The highest BCUT2D eigenvalue weighted by molar-refractivity contribution is 5.80. The molecule has 3 N–H and O–H groups in total. The third-order valence-electron chi connectivity index (χ3n) is 2.46. The Bertz CT molecular complexity index is 435. The Hall–Kier alpha value is -1.76. The first-order chi connectivity index (χ1) is 8.84. The molecule has 0 radical (unpaired) electrons. The van der Waals surface area contributed by atoms with Gasteiger partial charge in [-0.2, -0.15) is 13.2 Å². The second-order valence-corrected chi connectivity index (χ2v) is 3.92. The van der Waals surface area contributed by atoms with Crippen LogP contribution >= 0.6 is 0 Å². The molecule has 4 nitrogen and oxygen atoms in total. The zero-order chi connectivity index (χ0) is 14.5. The number of nitrogens with two attached hydrogens (primary N) is 1. The van der Waals surface area contributed by atoms with E-state index < -0.39 is 24.5 Å². The van der Waals surface area contributed by atoms with Crippen LogP contribution in [0, 0.1) is 11.3 Å². The van der Waals surface area contributed by atoms with Crippen molar-refractivity contribution >= 4 is 5.84 Å². The second kappa shape index (κ2) is 6.42. The highest BCUT2D eigenvalue weighted by atomic mass is 19.4. The molecule has 0 bridgehead atoms. The topological polar surface area (TPSA) is 68.3 Å². The quantitative estimate of drug-likeness (QED) is 0.619. The third-order valence-corrected chi connectivity index (χ3v) is 2.46. The fraction of sp³-hybridized carbons (Fsp3) is 0.417. The van der Waals surface area contributed by atoms with Crippen molar-refractivity contribution in [1.29, 1.82) is 5.41 Å². The SMILES string of the molecule is COc1cccc(COCC(C(=N)N)C(F)(F)F)c1. The fourth-order valence-corrected chi connectivity index (χ4v) is 1.42. The summed E-state index contributed by atoms with van der Waals surface area (Å²) in [5.74, 6) is -2.42. The molecule has 19 heavy (non-hydrogen) atoms. The van der Waals surface area contributed by atoms with Crippen LogP contribution in [0.1, 0.15) is 5.56 Å². The van der Waals surface area contributed by atoms with Gasteiger partial charge in [-0.3, -0.25) is 5.41 Å². The predicted molar refractivity (Wildman–Crippen MR) is 64.1 cm³/mol. The minimum Gasteiger partial charge on any atom is -0.497 e. The molecule has 1 rings (SSSR count). The molecule has 0 aliphatic carbocycles. The first-order valence-electron chi connectivity index (χ1n) is 5.46. The molecule has 0 saturated carbocycles. The summed E-state index contributed by atoms with van der Waals surface area (Å²) in [5.41, 5.74) is 5.60. The summed E-state index contributed by atoms with van der Waals surface area (Å²) >= 11 is 0. The number of hydrogen-bond donors (Lipinski definition) is 2. The lowest BCUT2D eigenvalue weighted by atomic mass is 10.1. The van der Waals surface area contributed by atoms with E-state index in [1.54, 1.807) is 24.3 Å². The molecule has 0 amide bonds. The predicted octanol–water partition coefficient (Wildman–Crippen LogP) is 2.33. The van der Waals surface area contributed by atoms with E-state index in [9.17, 15) is 13.2 Å². The van der Waals surface area contributed by atoms with Crippen LogP contribution in [0.2, 0.25) is 0 Å². The maximum atomic E-state index is 12.5. The average Bonchev–Trinajstić information content (AvgIpc) is 2.33. The molecule has 0 aliphatic heterocycles. The number of alkyl halides is 3. The Labute approximate surface area is 108 Å². The minimum absolute atomic E-state index is 0.00292. The smallest absolute Gasteiger partial charge is 0.400 e. The molecular weight excluding hydrogens is 261 g/mol. The molecule has 106 valence electrons. The lowest BCUT2D eigenvalue weighted by Gasteiger charge is -2.18. The van der Waals surface area contributed by atoms with E-state index >= 15 is 0 Å². The van der Waals surface area contributed by atoms with Crippen LogP contribution in [0.5, 0.6) is 5.75 Å². The highest BCUT2D eigenvalue weighted by Gasteiger charge is 2.42. The average molecular weight is 276 g/mol. The van der Waals surface area contributed by atoms with Crippen LogP contribution < -0.4 is 10.5 Å². The Morgan fingerprint density at radius 1 is 1.42 bits per heavy atom. The molecule has 0 saturated heterocycles. The van der Waals surface area contributed by atoms with Crippen molar-refractivity contribution in [2.45, 2.75) is 12.8 Å². The summed E-state index contributed by atoms with van der Waals surface area (Å²) in [6.07, 6.45) is -4.57. The van der Waals surface area contributed by atoms with Crippen LogP contribution in [0.3, 0.4) is 0 Å². The fourth-order valence-electron chi connectivity index (χ4n) is 1.42.